The third kappa shape index (κ3) is 2.81. The van der Waals surface area contributed by atoms with Crippen molar-refractivity contribution < 1.29 is 0 Å². The second-order valence-electron chi connectivity index (χ2n) is 4.19. The monoisotopic (exact) mass is 288 g/mol. The normalized spacial score (nSPS) is 21.8. The quantitative estimate of drug-likeness (QED) is 0.907. The van der Waals surface area contributed by atoms with E-state index in [-0.39, 0.29) is 0 Å². The van der Waals surface area contributed by atoms with Crippen molar-refractivity contribution in [2.45, 2.75) is 31.8 Å². The lowest BCUT2D eigenvalue weighted by Gasteiger charge is -2.34. The Morgan fingerprint density at radius 3 is 2.67 bits per heavy atom. The number of hydrogen-bond donors (Lipinski definition) is 1. The molecule has 0 aromatic carbocycles. The third-order valence-corrected chi connectivity index (χ3v) is 4.92. The van der Waals surface area contributed by atoms with Gasteiger partial charge >= 0.3 is 0 Å². The number of nitrogens with two attached hydrogens (primary N) is 1. The van der Waals surface area contributed by atoms with Crippen LogP contribution in [0.3, 0.4) is 0 Å². The second kappa shape index (κ2) is 4.95. The summed E-state index contributed by atoms with van der Waals surface area (Å²) in [6, 6.07) is 5.30. The van der Waals surface area contributed by atoms with E-state index < -0.39 is 0 Å². The Hall–Kier alpha value is 0.1000. The summed E-state index contributed by atoms with van der Waals surface area (Å²) in [5, 5.41) is 0. The van der Waals surface area contributed by atoms with Crippen LogP contribution in [0.15, 0.2) is 15.9 Å². The number of piperidine rings is 1. The predicted molar refractivity (Wildman–Crippen MR) is 69.2 cm³/mol. The zero-order valence-electron chi connectivity index (χ0n) is 8.95. The van der Waals surface area contributed by atoms with Gasteiger partial charge in [0.15, 0.2) is 0 Å². The average Bonchev–Trinajstić information content (AvgIpc) is 2.65. The maximum Gasteiger partial charge on any atom is 0.0701 e. The molecule has 1 unspecified atom stereocenters. The van der Waals surface area contributed by atoms with Crippen LogP contribution in [0.4, 0.5) is 0 Å². The maximum absolute atomic E-state index is 5.91. The molecule has 1 atom stereocenters. The van der Waals surface area contributed by atoms with Gasteiger partial charge in [-0.15, -0.1) is 11.3 Å². The highest BCUT2D eigenvalue weighted by atomic mass is 79.9. The minimum absolute atomic E-state index is 0.420. The Balaban J connectivity index is 1.99. The van der Waals surface area contributed by atoms with E-state index in [0.717, 1.165) is 25.9 Å². The smallest absolute Gasteiger partial charge is 0.0701 e. The summed E-state index contributed by atoms with van der Waals surface area (Å²) in [5.74, 6) is 0. The predicted octanol–water partition coefficient (Wildman–Crippen LogP) is 2.99. The summed E-state index contributed by atoms with van der Waals surface area (Å²) >= 11 is 5.35. The molecule has 0 bridgehead atoms. The molecule has 1 saturated heterocycles. The number of hydrogen-bond acceptors (Lipinski definition) is 3. The lowest BCUT2D eigenvalue weighted by Crippen LogP contribution is -2.40. The third-order valence-electron chi connectivity index (χ3n) is 3.13. The minimum atomic E-state index is 0.420. The van der Waals surface area contributed by atoms with Gasteiger partial charge in [0.2, 0.25) is 0 Å². The van der Waals surface area contributed by atoms with Crippen molar-refractivity contribution in [1.29, 1.82) is 0 Å². The molecular formula is C11H17BrN2S. The molecule has 1 aromatic rings. The lowest BCUT2D eigenvalue weighted by molar-refractivity contribution is 0.165. The molecule has 2 heterocycles. The summed E-state index contributed by atoms with van der Waals surface area (Å²) in [4.78, 5) is 3.97. The molecule has 1 fully saturated rings. The molecule has 1 aliphatic rings. The molecule has 1 aromatic heterocycles. The van der Waals surface area contributed by atoms with E-state index in [1.165, 1.54) is 8.66 Å². The van der Waals surface area contributed by atoms with Gasteiger partial charge in [0.25, 0.3) is 0 Å². The fourth-order valence-electron chi connectivity index (χ4n) is 2.04. The van der Waals surface area contributed by atoms with Gasteiger partial charge in [0.05, 0.1) is 3.79 Å². The van der Waals surface area contributed by atoms with Crippen LogP contribution in [0.5, 0.6) is 0 Å². The van der Waals surface area contributed by atoms with E-state index in [1.807, 2.05) is 11.3 Å². The SMILES string of the molecule is CC(c1ccc(Br)s1)N1CCC(N)CC1. The molecule has 2 N–H and O–H groups in total. The van der Waals surface area contributed by atoms with Crippen molar-refractivity contribution in [1.82, 2.24) is 4.90 Å². The Bertz CT molecular complexity index is 318. The summed E-state index contributed by atoms with van der Waals surface area (Å²) in [6.45, 7) is 4.56. The second-order valence-corrected chi connectivity index (χ2v) is 6.69. The van der Waals surface area contributed by atoms with Gasteiger partial charge < -0.3 is 5.73 Å². The summed E-state index contributed by atoms with van der Waals surface area (Å²) in [5.41, 5.74) is 5.91. The number of likely N-dealkylation sites (tertiary alicyclic amines) is 1. The standard InChI is InChI=1S/C11H17BrN2S/c1-8(10-2-3-11(12)15-10)14-6-4-9(13)5-7-14/h2-3,8-9H,4-7,13H2,1H3. The maximum atomic E-state index is 5.91. The number of halogens is 1. The van der Waals surface area contributed by atoms with Crippen molar-refractivity contribution >= 4 is 27.3 Å². The van der Waals surface area contributed by atoms with Crippen LogP contribution in [0, 0.1) is 0 Å². The summed E-state index contributed by atoms with van der Waals surface area (Å²) < 4.78 is 1.22. The molecule has 15 heavy (non-hydrogen) atoms. The molecule has 0 spiro atoms. The van der Waals surface area contributed by atoms with Crippen LogP contribution in [0.1, 0.15) is 30.7 Å². The van der Waals surface area contributed by atoms with Gasteiger partial charge in [-0.2, -0.15) is 0 Å². The summed E-state index contributed by atoms with van der Waals surface area (Å²) in [6.07, 6.45) is 2.27. The van der Waals surface area contributed by atoms with Crippen LogP contribution in [-0.4, -0.2) is 24.0 Å². The minimum Gasteiger partial charge on any atom is -0.328 e. The van der Waals surface area contributed by atoms with Gasteiger partial charge in [-0.3, -0.25) is 4.90 Å². The Morgan fingerprint density at radius 2 is 2.13 bits per heavy atom. The van der Waals surface area contributed by atoms with Crippen LogP contribution in [0.25, 0.3) is 0 Å². The van der Waals surface area contributed by atoms with Gasteiger partial charge in [0.1, 0.15) is 0 Å². The van der Waals surface area contributed by atoms with Crippen molar-refractivity contribution in [3.63, 3.8) is 0 Å². The van der Waals surface area contributed by atoms with Crippen LogP contribution in [-0.2, 0) is 0 Å². The zero-order valence-corrected chi connectivity index (χ0v) is 11.4. The first-order valence-corrected chi connectivity index (χ1v) is 7.02. The van der Waals surface area contributed by atoms with Crippen molar-refractivity contribution in [2.75, 3.05) is 13.1 Å². The van der Waals surface area contributed by atoms with Gasteiger partial charge in [-0.05, 0) is 47.8 Å². The number of rotatable bonds is 2. The Kier molecular flexibility index (Phi) is 3.83. The average molecular weight is 289 g/mol. The molecule has 2 rings (SSSR count). The van der Waals surface area contributed by atoms with Crippen molar-refractivity contribution in [3.05, 3.63) is 20.8 Å². The van der Waals surface area contributed by atoms with Crippen molar-refractivity contribution in [2.24, 2.45) is 5.73 Å². The molecule has 0 amide bonds. The molecule has 1 aliphatic heterocycles. The molecule has 84 valence electrons. The summed E-state index contributed by atoms with van der Waals surface area (Å²) in [7, 11) is 0. The molecule has 0 aliphatic carbocycles. The molecule has 0 saturated carbocycles. The van der Waals surface area contributed by atoms with E-state index >= 15 is 0 Å². The Morgan fingerprint density at radius 1 is 1.47 bits per heavy atom. The van der Waals surface area contributed by atoms with E-state index in [2.05, 4.69) is 39.9 Å². The largest absolute Gasteiger partial charge is 0.328 e. The first kappa shape index (κ1) is 11.6. The topological polar surface area (TPSA) is 29.3 Å². The molecule has 4 heteroatoms. The highest BCUT2D eigenvalue weighted by molar-refractivity contribution is 9.11. The van der Waals surface area contributed by atoms with Crippen LogP contribution < -0.4 is 5.73 Å². The first-order chi connectivity index (χ1) is 7.16. The van der Waals surface area contributed by atoms with E-state index in [9.17, 15) is 0 Å². The first-order valence-electron chi connectivity index (χ1n) is 5.41. The number of nitrogens with zero attached hydrogens (tertiary/aromatic N) is 1. The number of thiophene rings is 1. The highest BCUT2D eigenvalue weighted by Gasteiger charge is 2.22. The van der Waals surface area contributed by atoms with E-state index in [1.54, 1.807) is 0 Å². The zero-order chi connectivity index (χ0) is 10.8. The molecule has 2 nitrogen and oxygen atoms in total. The fraction of sp³-hybridized carbons (Fsp3) is 0.636. The Labute approximate surface area is 104 Å². The van der Waals surface area contributed by atoms with Gasteiger partial charge in [-0.1, -0.05) is 0 Å². The molecular weight excluding hydrogens is 272 g/mol. The molecule has 0 radical (unpaired) electrons. The fourth-order valence-corrected chi connectivity index (χ4v) is 3.55. The van der Waals surface area contributed by atoms with Gasteiger partial charge in [0, 0.05) is 30.1 Å². The van der Waals surface area contributed by atoms with Crippen molar-refractivity contribution in [3.8, 4) is 0 Å². The van der Waals surface area contributed by atoms with Crippen LogP contribution in [0.2, 0.25) is 0 Å². The van der Waals surface area contributed by atoms with E-state index in [0.29, 0.717) is 12.1 Å². The van der Waals surface area contributed by atoms with Gasteiger partial charge in [-0.25, -0.2) is 0 Å². The lowest BCUT2D eigenvalue weighted by atomic mass is 10.0. The van der Waals surface area contributed by atoms with E-state index in [4.69, 9.17) is 5.73 Å². The van der Waals surface area contributed by atoms with Crippen LogP contribution >= 0.6 is 27.3 Å². The highest BCUT2D eigenvalue weighted by Crippen LogP contribution is 2.31.